The molecule has 1 saturated carbocycles. The van der Waals surface area contributed by atoms with E-state index in [-0.39, 0.29) is 18.0 Å². The topological polar surface area (TPSA) is 38.3 Å². The van der Waals surface area contributed by atoms with Crippen molar-refractivity contribution in [2.45, 2.75) is 76.0 Å². The second-order valence-electron chi connectivity index (χ2n) is 5.95. The molecule has 3 atom stereocenters. The summed E-state index contributed by atoms with van der Waals surface area (Å²) in [5.41, 5.74) is 0. The molecular formula is C14H23NO2. The van der Waals surface area contributed by atoms with Crippen molar-refractivity contribution in [3.8, 4) is 0 Å². The van der Waals surface area contributed by atoms with Crippen LogP contribution < -0.4 is 5.32 Å². The monoisotopic (exact) mass is 237 g/mol. The highest BCUT2D eigenvalue weighted by molar-refractivity contribution is 5.72. The van der Waals surface area contributed by atoms with Gasteiger partial charge in [0.2, 0.25) is 0 Å². The smallest absolute Gasteiger partial charge is 0.309 e. The summed E-state index contributed by atoms with van der Waals surface area (Å²) in [6.07, 6.45) is 10.7. The van der Waals surface area contributed by atoms with Gasteiger partial charge in [-0.25, -0.2) is 0 Å². The van der Waals surface area contributed by atoms with Gasteiger partial charge in [0.25, 0.3) is 0 Å². The van der Waals surface area contributed by atoms with Crippen LogP contribution in [0.15, 0.2) is 0 Å². The van der Waals surface area contributed by atoms with Crippen molar-refractivity contribution in [3.05, 3.63) is 0 Å². The highest BCUT2D eigenvalue weighted by atomic mass is 16.5. The summed E-state index contributed by atoms with van der Waals surface area (Å²) in [6.45, 7) is 0. The highest BCUT2D eigenvalue weighted by Gasteiger charge is 2.39. The number of carbonyl (C=O) groups is 1. The quantitative estimate of drug-likeness (QED) is 0.749. The van der Waals surface area contributed by atoms with Gasteiger partial charge >= 0.3 is 5.97 Å². The van der Waals surface area contributed by atoms with Crippen molar-refractivity contribution in [3.63, 3.8) is 0 Å². The molecule has 17 heavy (non-hydrogen) atoms. The van der Waals surface area contributed by atoms with E-state index >= 15 is 0 Å². The molecule has 1 aliphatic carbocycles. The Kier molecular flexibility index (Phi) is 3.37. The summed E-state index contributed by atoms with van der Waals surface area (Å²) >= 11 is 0. The Morgan fingerprint density at radius 1 is 1.00 bits per heavy atom. The van der Waals surface area contributed by atoms with E-state index in [0.717, 1.165) is 19.3 Å². The molecule has 0 radical (unpaired) electrons. The van der Waals surface area contributed by atoms with Crippen LogP contribution in [0.5, 0.6) is 0 Å². The van der Waals surface area contributed by atoms with Crippen LogP contribution in [0.3, 0.4) is 0 Å². The van der Waals surface area contributed by atoms with Gasteiger partial charge in [0.15, 0.2) is 0 Å². The van der Waals surface area contributed by atoms with Gasteiger partial charge in [0, 0.05) is 18.5 Å². The predicted molar refractivity (Wildman–Crippen MR) is 65.6 cm³/mol. The molecule has 3 rings (SSSR count). The number of piperidine rings is 1. The van der Waals surface area contributed by atoms with E-state index in [0.29, 0.717) is 12.1 Å². The number of hydrogen-bond acceptors (Lipinski definition) is 3. The first-order chi connectivity index (χ1) is 8.33. The SMILES string of the molecule is O=C(O[C@@H]1C[C@H]2CCC[C@@H]1N2)C1CCCCC1. The first kappa shape index (κ1) is 11.5. The number of rotatable bonds is 2. The van der Waals surface area contributed by atoms with Crippen LogP contribution in [-0.4, -0.2) is 24.2 Å². The number of ether oxygens (including phenoxy) is 1. The lowest BCUT2D eigenvalue weighted by molar-refractivity contribution is -0.155. The molecule has 0 amide bonds. The zero-order valence-corrected chi connectivity index (χ0v) is 10.5. The van der Waals surface area contributed by atoms with E-state index in [1.54, 1.807) is 0 Å². The van der Waals surface area contributed by atoms with Gasteiger partial charge < -0.3 is 10.1 Å². The molecule has 96 valence electrons. The van der Waals surface area contributed by atoms with Crippen molar-refractivity contribution >= 4 is 5.97 Å². The fraction of sp³-hybridized carbons (Fsp3) is 0.929. The maximum atomic E-state index is 12.1. The normalized spacial score (nSPS) is 38.0. The molecular weight excluding hydrogens is 214 g/mol. The molecule has 3 aliphatic rings. The number of esters is 1. The van der Waals surface area contributed by atoms with Crippen LogP contribution in [0.4, 0.5) is 0 Å². The Balaban J connectivity index is 1.54. The number of fused-ring (bicyclic) bond motifs is 2. The zero-order valence-electron chi connectivity index (χ0n) is 10.5. The van der Waals surface area contributed by atoms with E-state index in [9.17, 15) is 4.79 Å². The van der Waals surface area contributed by atoms with E-state index < -0.39 is 0 Å². The maximum Gasteiger partial charge on any atom is 0.309 e. The summed E-state index contributed by atoms with van der Waals surface area (Å²) in [7, 11) is 0. The van der Waals surface area contributed by atoms with Gasteiger partial charge in [-0.3, -0.25) is 4.79 Å². The van der Waals surface area contributed by atoms with Crippen molar-refractivity contribution in [2.75, 3.05) is 0 Å². The lowest BCUT2D eigenvalue weighted by Gasteiger charge is -2.25. The minimum absolute atomic E-state index is 0.0871. The molecule has 3 nitrogen and oxygen atoms in total. The maximum absolute atomic E-state index is 12.1. The van der Waals surface area contributed by atoms with Crippen molar-refractivity contribution in [1.82, 2.24) is 5.32 Å². The third-order valence-electron chi connectivity index (χ3n) is 4.69. The molecule has 2 aliphatic heterocycles. The lowest BCUT2D eigenvalue weighted by Crippen LogP contribution is -2.39. The van der Waals surface area contributed by atoms with E-state index in [2.05, 4.69) is 5.32 Å². The van der Waals surface area contributed by atoms with Gasteiger partial charge in [-0.05, 0) is 25.7 Å². The fourth-order valence-corrected chi connectivity index (χ4v) is 3.69. The van der Waals surface area contributed by atoms with Crippen molar-refractivity contribution < 1.29 is 9.53 Å². The first-order valence-electron chi connectivity index (χ1n) is 7.29. The molecule has 2 heterocycles. The van der Waals surface area contributed by atoms with Crippen molar-refractivity contribution in [2.24, 2.45) is 5.92 Å². The molecule has 0 aromatic carbocycles. The molecule has 0 spiro atoms. The summed E-state index contributed by atoms with van der Waals surface area (Å²) in [4.78, 5) is 12.1. The van der Waals surface area contributed by atoms with Crippen LogP contribution in [0.1, 0.15) is 57.8 Å². The van der Waals surface area contributed by atoms with Crippen LogP contribution in [-0.2, 0) is 9.53 Å². The van der Waals surface area contributed by atoms with Crippen LogP contribution in [0, 0.1) is 5.92 Å². The summed E-state index contributed by atoms with van der Waals surface area (Å²) < 4.78 is 5.76. The molecule has 2 saturated heterocycles. The molecule has 3 fully saturated rings. The van der Waals surface area contributed by atoms with Gasteiger partial charge in [-0.15, -0.1) is 0 Å². The predicted octanol–water partition coefficient (Wildman–Crippen LogP) is 2.39. The third kappa shape index (κ3) is 2.49. The Hall–Kier alpha value is -0.570. The van der Waals surface area contributed by atoms with Crippen molar-refractivity contribution in [1.29, 1.82) is 0 Å². The standard InChI is InChI=1S/C14H23NO2/c16-14(10-5-2-1-3-6-10)17-13-9-11-7-4-8-12(13)15-11/h10-13,15H,1-9H2/t11-,12+,13-/m1/s1. The number of hydrogen-bond donors (Lipinski definition) is 1. The van der Waals surface area contributed by atoms with Gasteiger partial charge in [0.1, 0.15) is 6.10 Å². The number of nitrogens with one attached hydrogen (secondary N) is 1. The Bertz CT molecular complexity index is 286. The summed E-state index contributed by atoms with van der Waals surface area (Å²) in [6, 6.07) is 1.05. The lowest BCUT2D eigenvalue weighted by atomic mass is 9.89. The zero-order chi connectivity index (χ0) is 11.7. The minimum atomic E-state index is 0.0871. The molecule has 0 aromatic rings. The Morgan fingerprint density at radius 3 is 2.59 bits per heavy atom. The summed E-state index contributed by atoms with van der Waals surface area (Å²) in [5.74, 6) is 0.285. The molecule has 3 heteroatoms. The Morgan fingerprint density at radius 2 is 1.82 bits per heavy atom. The van der Waals surface area contributed by atoms with Crippen LogP contribution in [0.25, 0.3) is 0 Å². The van der Waals surface area contributed by atoms with Crippen LogP contribution in [0.2, 0.25) is 0 Å². The van der Waals surface area contributed by atoms with E-state index in [4.69, 9.17) is 4.74 Å². The van der Waals surface area contributed by atoms with E-state index in [1.165, 1.54) is 38.5 Å². The highest BCUT2D eigenvalue weighted by Crippen LogP contribution is 2.31. The van der Waals surface area contributed by atoms with Gasteiger partial charge in [0.05, 0.1) is 5.92 Å². The first-order valence-corrected chi connectivity index (χ1v) is 7.29. The number of carbonyl (C=O) groups excluding carboxylic acids is 1. The minimum Gasteiger partial charge on any atom is -0.460 e. The van der Waals surface area contributed by atoms with Crippen LogP contribution >= 0.6 is 0 Å². The second kappa shape index (κ2) is 4.97. The summed E-state index contributed by atoms with van der Waals surface area (Å²) in [5, 5.41) is 3.57. The molecule has 2 bridgehead atoms. The average molecular weight is 237 g/mol. The second-order valence-corrected chi connectivity index (χ2v) is 5.95. The molecule has 0 aromatic heterocycles. The molecule has 0 unspecified atom stereocenters. The molecule has 1 N–H and O–H groups in total. The Labute approximate surface area is 103 Å². The van der Waals surface area contributed by atoms with E-state index in [1.807, 2.05) is 0 Å². The largest absolute Gasteiger partial charge is 0.460 e. The third-order valence-corrected chi connectivity index (χ3v) is 4.69. The fourth-order valence-electron chi connectivity index (χ4n) is 3.69. The van der Waals surface area contributed by atoms with Gasteiger partial charge in [-0.2, -0.15) is 0 Å². The average Bonchev–Trinajstić information content (AvgIpc) is 2.65. The van der Waals surface area contributed by atoms with Gasteiger partial charge in [-0.1, -0.05) is 25.7 Å².